The van der Waals surface area contributed by atoms with Crippen molar-refractivity contribution in [1.29, 1.82) is 5.26 Å². The lowest BCUT2D eigenvalue weighted by molar-refractivity contribution is -0.128. The fraction of sp³-hybridized carbons (Fsp3) is 0.514. The molecule has 1 aromatic heterocycles. The van der Waals surface area contributed by atoms with E-state index in [-0.39, 0.29) is 23.9 Å². The Balaban J connectivity index is 1.34. The Labute approximate surface area is 273 Å². The van der Waals surface area contributed by atoms with Crippen LogP contribution in [0.2, 0.25) is 0 Å². The number of nitriles is 1. The zero-order chi connectivity index (χ0) is 32.4. The Hall–Kier alpha value is -4.16. The normalized spacial score (nSPS) is 19.7. The summed E-state index contributed by atoms with van der Waals surface area (Å²) in [5, 5.41) is 12.1. The van der Waals surface area contributed by atoms with Gasteiger partial charge in [-0.2, -0.15) is 15.2 Å². The number of anilines is 2. The number of likely N-dealkylation sites (N-methyl/N-ethyl adjacent to an activating group) is 1. The van der Waals surface area contributed by atoms with E-state index in [0.29, 0.717) is 44.8 Å². The number of aryl methyl sites for hydroxylation is 1. The molecule has 2 atom stereocenters. The molecule has 1 saturated carbocycles. The van der Waals surface area contributed by atoms with Gasteiger partial charge in [-0.25, -0.2) is 0 Å². The molecule has 0 N–H and O–H groups in total. The molecule has 3 aliphatic rings. The highest BCUT2D eigenvalue weighted by Gasteiger charge is 2.37. The quantitative estimate of drug-likeness (QED) is 0.269. The van der Waals surface area contributed by atoms with Gasteiger partial charge in [-0.3, -0.25) is 9.69 Å². The van der Waals surface area contributed by atoms with Crippen molar-refractivity contribution in [2.75, 3.05) is 49.6 Å². The van der Waals surface area contributed by atoms with E-state index in [1.807, 2.05) is 0 Å². The number of ether oxygens (including phenoxy) is 1. The second kappa shape index (κ2) is 13.3. The number of fused-ring (bicyclic) bond motifs is 2. The molecule has 3 aromatic rings. The van der Waals surface area contributed by atoms with Crippen molar-refractivity contribution in [2.24, 2.45) is 0 Å². The van der Waals surface area contributed by atoms with Gasteiger partial charge < -0.3 is 19.4 Å². The Morgan fingerprint density at radius 3 is 2.65 bits per heavy atom. The predicted octanol–water partition coefficient (Wildman–Crippen LogP) is 5.65. The van der Waals surface area contributed by atoms with Crippen LogP contribution in [-0.4, -0.2) is 83.1 Å². The monoisotopic (exact) mass is 621 g/mol. The molecule has 9 heteroatoms. The number of hydrogen-bond donors (Lipinski definition) is 0. The first-order valence-corrected chi connectivity index (χ1v) is 16.8. The van der Waals surface area contributed by atoms with Crippen molar-refractivity contribution in [3.05, 3.63) is 65.9 Å². The number of hydrogen-bond acceptors (Lipinski definition) is 8. The lowest BCUT2D eigenvalue weighted by atomic mass is 9.86. The lowest BCUT2D eigenvalue weighted by Crippen LogP contribution is -2.55. The second-order valence-corrected chi connectivity index (χ2v) is 13.4. The van der Waals surface area contributed by atoms with Crippen LogP contribution in [0.5, 0.6) is 6.01 Å². The molecular weight excluding hydrogens is 574 g/mol. The van der Waals surface area contributed by atoms with Gasteiger partial charge in [0.1, 0.15) is 12.4 Å². The van der Waals surface area contributed by atoms with Crippen LogP contribution < -0.4 is 14.5 Å². The van der Waals surface area contributed by atoms with E-state index in [9.17, 15) is 10.1 Å². The molecule has 9 nitrogen and oxygen atoms in total. The van der Waals surface area contributed by atoms with E-state index in [0.717, 1.165) is 36.5 Å². The third kappa shape index (κ3) is 6.03. The van der Waals surface area contributed by atoms with Crippen molar-refractivity contribution in [2.45, 2.75) is 83.5 Å². The summed E-state index contributed by atoms with van der Waals surface area (Å²) in [7, 11) is 2.22. The van der Waals surface area contributed by atoms with E-state index in [1.165, 1.54) is 47.4 Å². The van der Waals surface area contributed by atoms with Crippen molar-refractivity contribution < 1.29 is 9.53 Å². The number of carbonyl (C=O) groups excluding carboxylic acids is 1. The van der Waals surface area contributed by atoms with Gasteiger partial charge in [0.2, 0.25) is 5.91 Å². The summed E-state index contributed by atoms with van der Waals surface area (Å²) in [6.45, 7) is 14.0. The van der Waals surface area contributed by atoms with Gasteiger partial charge in [-0.05, 0) is 69.7 Å². The standard InChI is InChI=1S/C37H47N7O2/c1-6-33(45)44-22-21-43(23-29(44)17-19-38)35-30-18-20-42(32-16-9-13-27-12-8-11-26(3)34(27)32)24-31(30)39-36(40-35)46-25-37(4,7-2)41(5)28-14-10-15-28/h6,8-9,11-13,16,28-29H,1,7,10,14-15,17-18,20-25H2,2-5H3. The summed E-state index contributed by atoms with van der Waals surface area (Å²) < 4.78 is 6.54. The largest absolute Gasteiger partial charge is 0.461 e. The molecule has 6 rings (SSSR count). The molecular formula is C37H47N7O2. The van der Waals surface area contributed by atoms with Crippen LogP contribution in [-0.2, 0) is 17.8 Å². The third-order valence-electron chi connectivity index (χ3n) is 10.8. The van der Waals surface area contributed by atoms with E-state index >= 15 is 0 Å². The third-order valence-corrected chi connectivity index (χ3v) is 10.8. The first-order valence-electron chi connectivity index (χ1n) is 16.8. The summed E-state index contributed by atoms with van der Waals surface area (Å²) in [4.78, 5) is 31.7. The van der Waals surface area contributed by atoms with Crippen molar-refractivity contribution in [3.8, 4) is 12.1 Å². The molecule has 2 unspecified atom stereocenters. The highest BCUT2D eigenvalue weighted by molar-refractivity contribution is 5.97. The number of rotatable bonds is 10. The average molecular weight is 622 g/mol. The molecule has 2 aromatic carbocycles. The summed E-state index contributed by atoms with van der Waals surface area (Å²) in [5.74, 6) is 0.733. The molecule has 242 valence electrons. The van der Waals surface area contributed by atoms with Crippen LogP contribution in [0.1, 0.15) is 62.8 Å². The molecule has 46 heavy (non-hydrogen) atoms. The summed E-state index contributed by atoms with van der Waals surface area (Å²) in [6, 6.07) is 16.0. The molecule has 1 saturated heterocycles. The number of amides is 1. The molecule has 0 spiro atoms. The van der Waals surface area contributed by atoms with Gasteiger partial charge in [-0.1, -0.05) is 50.3 Å². The number of carbonyl (C=O) groups is 1. The predicted molar refractivity (Wildman–Crippen MR) is 183 cm³/mol. The Kier molecular flexibility index (Phi) is 9.19. The molecule has 2 fully saturated rings. The topological polar surface area (TPSA) is 88.8 Å². The first kappa shape index (κ1) is 31.8. The molecule has 1 aliphatic carbocycles. The van der Waals surface area contributed by atoms with Gasteiger partial charge in [0, 0.05) is 48.9 Å². The Morgan fingerprint density at radius 1 is 1.17 bits per heavy atom. The molecule has 0 radical (unpaired) electrons. The summed E-state index contributed by atoms with van der Waals surface area (Å²) in [5.41, 5.74) is 4.45. The second-order valence-electron chi connectivity index (χ2n) is 13.4. The number of piperazine rings is 1. The van der Waals surface area contributed by atoms with Crippen LogP contribution in [0.25, 0.3) is 10.8 Å². The van der Waals surface area contributed by atoms with E-state index in [2.05, 4.69) is 91.6 Å². The maximum atomic E-state index is 12.6. The molecule has 0 bridgehead atoms. The Bertz CT molecular complexity index is 1640. The Morgan fingerprint density at radius 2 is 1.96 bits per heavy atom. The zero-order valence-electron chi connectivity index (χ0n) is 27.8. The van der Waals surface area contributed by atoms with Gasteiger partial charge >= 0.3 is 6.01 Å². The fourth-order valence-electron chi connectivity index (χ4n) is 7.31. The minimum absolute atomic E-state index is 0.133. The number of nitrogens with zero attached hydrogens (tertiary/aromatic N) is 7. The number of benzene rings is 2. The van der Waals surface area contributed by atoms with Gasteiger partial charge in [0.15, 0.2) is 0 Å². The molecule has 3 heterocycles. The zero-order valence-corrected chi connectivity index (χ0v) is 27.8. The highest BCUT2D eigenvalue weighted by Crippen LogP contribution is 2.37. The minimum Gasteiger partial charge on any atom is -0.461 e. The van der Waals surface area contributed by atoms with Crippen LogP contribution in [0.3, 0.4) is 0 Å². The maximum Gasteiger partial charge on any atom is 0.318 e. The van der Waals surface area contributed by atoms with Gasteiger partial charge in [0.05, 0.1) is 36.3 Å². The number of aromatic nitrogens is 2. The van der Waals surface area contributed by atoms with E-state index in [1.54, 1.807) is 4.90 Å². The molecule has 2 aliphatic heterocycles. The highest BCUT2D eigenvalue weighted by atomic mass is 16.5. The van der Waals surface area contributed by atoms with Gasteiger partial charge in [-0.15, -0.1) is 0 Å². The lowest BCUT2D eigenvalue weighted by Gasteiger charge is -2.46. The van der Waals surface area contributed by atoms with Crippen LogP contribution in [0.4, 0.5) is 11.5 Å². The fourth-order valence-corrected chi connectivity index (χ4v) is 7.31. The van der Waals surface area contributed by atoms with Crippen molar-refractivity contribution in [1.82, 2.24) is 19.8 Å². The SMILES string of the molecule is C=CC(=O)N1CCN(c2nc(OCC(C)(CC)N(C)C3CCC3)nc3c2CCN(c2cccc4cccc(C)c24)C3)CC1CC#N. The smallest absolute Gasteiger partial charge is 0.318 e. The maximum absolute atomic E-state index is 12.6. The van der Waals surface area contributed by atoms with Crippen LogP contribution >= 0.6 is 0 Å². The minimum atomic E-state index is -0.238. The van der Waals surface area contributed by atoms with Crippen molar-refractivity contribution in [3.63, 3.8) is 0 Å². The van der Waals surface area contributed by atoms with E-state index < -0.39 is 0 Å². The average Bonchev–Trinajstić information content (AvgIpc) is 3.05. The van der Waals surface area contributed by atoms with Crippen molar-refractivity contribution >= 4 is 28.2 Å². The summed E-state index contributed by atoms with van der Waals surface area (Å²) >= 11 is 0. The first-order chi connectivity index (χ1) is 22.3. The summed E-state index contributed by atoms with van der Waals surface area (Å²) in [6.07, 6.45) is 7.10. The molecule has 1 amide bonds. The van der Waals surface area contributed by atoms with Gasteiger partial charge in [0.25, 0.3) is 0 Å². The van der Waals surface area contributed by atoms with Crippen LogP contribution in [0.15, 0.2) is 49.1 Å². The van der Waals surface area contributed by atoms with Crippen LogP contribution in [0, 0.1) is 18.3 Å². The van der Waals surface area contributed by atoms with E-state index in [4.69, 9.17) is 14.7 Å².